The van der Waals surface area contributed by atoms with Gasteiger partial charge in [0.15, 0.2) is 0 Å². The van der Waals surface area contributed by atoms with E-state index in [1.165, 1.54) is 37.8 Å². The number of halogens is 1. The zero-order chi connectivity index (χ0) is 11.4. The van der Waals surface area contributed by atoms with Gasteiger partial charge in [0.1, 0.15) is 11.6 Å². The van der Waals surface area contributed by atoms with Gasteiger partial charge >= 0.3 is 0 Å². The van der Waals surface area contributed by atoms with Gasteiger partial charge in [0, 0.05) is 12.6 Å². The smallest absolute Gasteiger partial charge is 0.127 e. The molecule has 16 heavy (non-hydrogen) atoms. The van der Waals surface area contributed by atoms with E-state index >= 15 is 0 Å². The monoisotopic (exact) mass is 223 g/mol. The van der Waals surface area contributed by atoms with E-state index in [1.54, 1.807) is 0 Å². The third-order valence-corrected chi connectivity index (χ3v) is 3.13. The highest BCUT2D eigenvalue weighted by Gasteiger charge is 2.15. The van der Waals surface area contributed by atoms with Crippen molar-refractivity contribution in [2.24, 2.45) is 11.7 Å². The van der Waals surface area contributed by atoms with Crippen LogP contribution in [0.4, 0.5) is 4.39 Å². The van der Waals surface area contributed by atoms with Gasteiger partial charge in [0.2, 0.25) is 0 Å². The molecule has 1 aliphatic rings. The number of nitrogens with two attached hydrogens (primary N) is 1. The van der Waals surface area contributed by atoms with Gasteiger partial charge in [0.25, 0.3) is 0 Å². The lowest BCUT2D eigenvalue weighted by Gasteiger charge is -2.12. The Morgan fingerprint density at radius 3 is 2.69 bits per heavy atom. The highest BCUT2D eigenvalue weighted by Crippen LogP contribution is 2.26. The predicted molar refractivity (Wildman–Crippen MR) is 61.7 cm³/mol. The van der Waals surface area contributed by atoms with Crippen LogP contribution in [-0.4, -0.2) is 6.61 Å². The van der Waals surface area contributed by atoms with Crippen molar-refractivity contribution in [1.29, 1.82) is 0 Å². The van der Waals surface area contributed by atoms with E-state index in [2.05, 4.69) is 0 Å². The summed E-state index contributed by atoms with van der Waals surface area (Å²) in [5.74, 6) is 0.973. The zero-order valence-corrected chi connectivity index (χ0v) is 9.42. The maximum Gasteiger partial charge on any atom is 0.127 e. The zero-order valence-electron chi connectivity index (χ0n) is 9.42. The van der Waals surface area contributed by atoms with Gasteiger partial charge in [-0.15, -0.1) is 0 Å². The molecule has 1 aromatic rings. The van der Waals surface area contributed by atoms with E-state index in [-0.39, 0.29) is 5.82 Å². The minimum Gasteiger partial charge on any atom is -0.493 e. The van der Waals surface area contributed by atoms with Crippen molar-refractivity contribution >= 4 is 0 Å². The molecule has 1 saturated carbocycles. The van der Waals surface area contributed by atoms with E-state index in [9.17, 15) is 4.39 Å². The topological polar surface area (TPSA) is 35.2 Å². The summed E-state index contributed by atoms with van der Waals surface area (Å²) in [6, 6.07) is 4.69. The molecular formula is C13H18FNO. The Labute approximate surface area is 95.6 Å². The summed E-state index contributed by atoms with van der Waals surface area (Å²) in [6.45, 7) is 1.05. The van der Waals surface area contributed by atoms with Crippen molar-refractivity contribution in [3.8, 4) is 5.75 Å². The second-order valence-electron chi connectivity index (χ2n) is 4.46. The third kappa shape index (κ3) is 2.95. The minimum atomic E-state index is -0.274. The highest BCUT2D eigenvalue weighted by atomic mass is 19.1. The third-order valence-electron chi connectivity index (χ3n) is 3.13. The van der Waals surface area contributed by atoms with Crippen LogP contribution in [0.1, 0.15) is 31.2 Å². The Kier molecular flexibility index (Phi) is 3.78. The van der Waals surface area contributed by atoms with E-state index < -0.39 is 0 Å². The number of hydrogen-bond donors (Lipinski definition) is 1. The van der Waals surface area contributed by atoms with E-state index in [4.69, 9.17) is 10.5 Å². The first-order valence-corrected chi connectivity index (χ1v) is 5.90. The summed E-state index contributed by atoms with van der Waals surface area (Å²) in [4.78, 5) is 0. The maximum atomic E-state index is 13.2. The molecular weight excluding hydrogens is 205 g/mol. The lowest BCUT2D eigenvalue weighted by molar-refractivity contribution is 0.251. The number of benzene rings is 1. The summed E-state index contributed by atoms with van der Waals surface area (Å²) in [6.07, 6.45) is 5.06. The summed E-state index contributed by atoms with van der Waals surface area (Å²) in [7, 11) is 0. The van der Waals surface area contributed by atoms with Gasteiger partial charge in [-0.1, -0.05) is 12.8 Å². The number of ether oxygens (including phenoxy) is 1. The fourth-order valence-corrected chi connectivity index (χ4v) is 2.21. The molecule has 1 aliphatic carbocycles. The van der Waals surface area contributed by atoms with Gasteiger partial charge in [-0.05, 0) is 36.5 Å². The molecule has 2 nitrogen and oxygen atoms in total. The highest BCUT2D eigenvalue weighted by molar-refractivity contribution is 5.29. The molecule has 2 N–H and O–H groups in total. The van der Waals surface area contributed by atoms with Crippen molar-refractivity contribution in [3.63, 3.8) is 0 Å². The van der Waals surface area contributed by atoms with Crippen molar-refractivity contribution in [1.82, 2.24) is 0 Å². The second-order valence-corrected chi connectivity index (χ2v) is 4.46. The van der Waals surface area contributed by atoms with Crippen LogP contribution in [0.15, 0.2) is 18.2 Å². The van der Waals surface area contributed by atoms with Gasteiger partial charge in [-0.2, -0.15) is 0 Å². The molecule has 0 amide bonds. The average Bonchev–Trinajstić information content (AvgIpc) is 2.78. The molecule has 1 fully saturated rings. The Balaban J connectivity index is 1.94. The first-order chi connectivity index (χ1) is 7.78. The lowest BCUT2D eigenvalue weighted by atomic mass is 10.1. The van der Waals surface area contributed by atoms with Crippen LogP contribution in [0.5, 0.6) is 5.75 Å². The molecule has 0 unspecified atom stereocenters. The molecule has 0 radical (unpaired) electrons. The molecule has 88 valence electrons. The second kappa shape index (κ2) is 5.30. The van der Waals surface area contributed by atoms with E-state index in [0.29, 0.717) is 24.8 Å². The van der Waals surface area contributed by atoms with Crippen LogP contribution in [0.25, 0.3) is 0 Å². The van der Waals surface area contributed by atoms with Gasteiger partial charge < -0.3 is 10.5 Å². The van der Waals surface area contributed by atoms with E-state index in [1.807, 2.05) is 6.07 Å². The first-order valence-electron chi connectivity index (χ1n) is 5.90. The lowest BCUT2D eigenvalue weighted by Crippen LogP contribution is -2.08. The van der Waals surface area contributed by atoms with Gasteiger partial charge in [0.05, 0.1) is 6.61 Å². The van der Waals surface area contributed by atoms with Crippen LogP contribution in [0.2, 0.25) is 0 Å². The molecule has 0 aliphatic heterocycles. The normalized spacial score (nSPS) is 16.6. The molecule has 0 saturated heterocycles. The Bertz CT molecular complexity index is 348. The molecule has 2 rings (SSSR count). The van der Waals surface area contributed by atoms with Crippen molar-refractivity contribution in [2.75, 3.05) is 6.61 Å². The van der Waals surface area contributed by atoms with Crippen molar-refractivity contribution < 1.29 is 9.13 Å². The van der Waals surface area contributed by atoms with Crippen molar-refractivity contribution in [2.45, 2.75) is 32.2 Å². The quantitative estimate of drug-likeness (QED) is 0.851. The summed E-state index contributed by atoms with van der Waals surface area (Å²) < 4.78 is 18.8. The van der Waals surface area contributed by atoms with Gasteiger partial charge in [-0.3, -0.25) is 0 Å². The Morgan fingerprint density at radius 1 is 1.25 bits per heavy atom. The molecule has 0 atom stereocenters. The van der Waals surface area contributed by atoms with Crippen LogP contribution in [-0.2, 0) is 6.54 Å². The summed E-state index contributed by atoms with van der Waals surface area (Å²) in [5, 5.41) is 0. The van der Waals surface area contributed by atoms with E-state index in [0.717, 1.165) is 5.56 Å². The summed E-state index contributed by atoms with van der Waals surface area (Å²) in [5.41, 5.74) is 6.26. The molecule has 0 spiro atoms. The van der Waals surface area contributed by atoms with Gasteiger partial charge in [-0.25, -0.2) is 4.39 Å². The number of hydrogen-bond acceptors (Lipinski definition) is 2. The van der Waals surface area contributed by atoms with Crippen LogP contribution >= 0.6 is 0 Å². The van der Waals surface area contributed by atoms with Crippen LogP contribution < -0.4 is 10.5 Å². The standard InChI is InChI=1S/C13H18FNO/c14-12-5-11(8-15)6-13(7-12)16-9-10-3-1-2-4-10/h5-7,10H,1-4,8-9,15H2. The number of rotatable bonds is 4. The largest absolute Gasteiger partial charge is 0.493 e. The first kappa shape index (κ1) is 11.4. The Hall–Kier alpha value is -1.09. The van der Waals surface area contributed by atoms with Crippen LogP contribution in [0, 0.1) is 11.7 Å². The molecule has 3 heteroatoms. The van der Waals surface area contributed by atoms with Crippen molar-refractivity contribution in [3.05, 3.63) is 29.6 Å². The molecule has 1 aromatic carbocycles. The summed E-state index contributed by atoms with van der Waals surface area (Å²) >= 11 is 0. The molecule has 0 aromatic heterocycles. The Morgan fingerprint density at radius 2 is 2.00 bits per heavy atom. The molecule has 0 heterocycles. The maximum absolute atomic E-state index is 13.2. The SMILES string of the molecule is NCc1cc(F)cc(OCC2CCCC2)c1. The predicted octanol–water partition coefficient (Wildman–Crippen LogP) is 2.85. The molecule has 0 bridgehead atoms. The fourth-order valence-electron chi connectivity index (χ4n) is 2.21. The minimum absolute atomic E-state index is 0.274. The average molecular weight is 223 g/mol. The van der Waals surface area contributed by atoms with Crippen LogP contribution in [0.3, 0.4) is 0 Å². The fraction of sp³-hybridized carbons (Fsp3) is 0.538.